The Hall–Kier alpha value is -2.04. The Balaban J connectivity index is 2.02. The van der Waals surface area contributed by atoms with Gasteiger partial charge in [0, 0.05) is 24.4 Å². The molecule has 24 heavy (non-hydrogen) atoms. The molecule has 3 rings (SSSR count). The predicted molar refractivity (Wildman–Crippen MR) is 87.2 cm³/mol. The lowest BCUT2D eigenvalue weighted by Crippen LogP contribution is -2.32. The van der Waals surface area contributed by atoms with Crippen LogP contribution in [0, 0.1) is 0 Å². The van der Waals surface area contributed by atoms with E-state index in [2.05, 4.69) is 0 Å². The normalized spacial score (nSPS) is 20.8. The lowest BCUT2D eigenvalue weighted by atomic mass is 10.0. The molecule has 1 aromatic rings. The summed E-state index contributed by atoms with van der Waals surface area (Å²) < 4.78 is 38.9. The number of allylic oxidation sites excluding steroid dienone is 2. The minimum absolute atomic E-state index is 0.0634. The quantitative estimate of drug-likeness (QED) is 0.795. The van der Waals surface area contributed by atoms with Crippen molar-refractivity contribution in [3.05, 3.63) is 52.7 Å². The van der Waals surface area contributed by atoms with E-state index in [1.54, 1.807) is 0 Å². The van der Waals surface area contributed by atoms with Gasteiger partial charge < -0.3 is 4.90 Å². The fourth-order valence-electron chi connectivity index (χ4n) is 3.48. The minimum atomic E-state index is -4.81. The van der Waals surface area contributed by atoms with Crippen molar-refractivity contribution in [1.29, 1.82) is 0 Å². The van der Waals surface area contributed by atoms with Gasteiger partial charge in [-0.25, -0.2) is 0 Å². The van der Waals surface area contributed by atoms with Crippen LogP contribution in [0.3, 0.4) is 0 Å². The molecule has 1 aliphatic carbocycles. The van der Waals surface area contributed by atoms with E-state index in [1.165, 1.54) is 0 Å². The number of likely N-dealkylation sites (tertiary alicyclic amines) is 1. The Morgan fingerprint density at radius 1 is 1.00 bits per heavy atom. The van der Waals surface area contributed by atoms with Gasteiger partial charge >= 0.3 is 6.18 Å². The summed E-state index contributed by atoms with van der Waals surface area (Å²) >= 11 is 0. The number of Topliss-reactive ketones (excluding diaryl/α,β-unsaturated/α-hetero) is 1. The fraction of sp³-hybridized carbons (Fsp3) is 0.421. The summed E-state index contributed by atoms with van der Waals surface area (Å²) in [5, 5.41) is 0. The molecular formula is C19H20F3NO. The highest BCUT2D eigenvalue weighted by Crippen LogP contribution is 2.39. The van der Waals surface area contributed by atoms with Crippen LogP contribution >= 0.6 is 0 Å². The molecule has 2 aliphatic rings. The van der Waals surface area contributed by atoms with Crippen molar-refractivity contribution < 1.29 is 18.0 Å². The molecule has 1 heterocycles. The van der Waals surface area contributed by atoms with E-state index in [0.29, 0.717) is 12.1 Å². The van der Waals surface area contributed by atoms with Crippen LogP contribution in [-0.2, 0) is 4.79 Å². The molecule has 1 aliphatic heterocycles. The van der Waals surface area contributed by atoms with Crippen LogP contribution in [0.25, 0.3) is 6.08 Å². The maximum atomic E-state index is 13.0. The van der Waals surface area contributed by atoms with Crippen molar-refractivity contribution in [2.75, 3.05) is 13.1 Å². The monoisotopic (exact) mass is 335 g/mol. The van der Waals surface area contributed by atoms with Gasteiger partial charge in [-0.15, -0.1) is 0 Å². The Kier molecular flexibility index (Phi) is 4.78. The number of hydrogen-bond donors (Lipinski definition) is 0. The number of halogens is 3. The second-order valence-corrected chi connectivity index (χ2v) is 6.28. The number of rotatable bonds is 3. The van der Waals surface area contributed by atoms with Gasteiger partial charge in [-0.1, -0.05) is 30.3 Å². The van der Waals surface area contributed by atoms with Crippen LogP contribution in [-0.4, -0.2) is 29.9 Å². The number of ketones is 1. The van der Waals surface area contributed by atoms with Gasteiger partial charge in [-0.2, -0.15) is 13.2 Å². The van der Waals surface area contributed by atoms with E-state index in [1.807, 2.05) is 41.3 Å². The first kappa shape index (κ1) is 16.8. The summed E-state index contributed by atoms with van der Waals surface area (Å²) in [7, 11) is 0. The van der Waals surface area contributed by atoms with Crippen molar-refractivity contribution >= 4 is 11.9 Å². The van der Waals surface area contributed by atoms with E-state index >= 15 is 0 Å². The molecule has 0 aromatic heterocycles. The van der Waals surface area contributed by atoms with Crippen LogP contribution in [0.4, 0.5) is 13.2 Å². The molecule has 2 nitrogen and oxygen atoms in total. The number of piperidine rings is 1. The van der Waals surface area contributed by atoms with Crippen LogP contribution in [0.1, 0.15) is 37.7 Å². The number of benzene rings is 1. The number of carbonyl (C=O) groups is 1. The van der Waals surface area contributed by atoms with Crippen LogP contribution < -0.4 is 0 Å². The van der Waals surface area contributed by atoms with Gasteiger partial charge in [0.1, 0.15) is 0 Å². The number of alkyl halides is 3. The van der Waals surface area contributed by atoms with Gasteiger partial charge in [0.05, 0.1) is 0 Å². The molecule has 0 atom stereocenters. The Labute approximate surface area is 139 Å². The van der Waals surface area contributed by atoms with Gasteiger partial charge in [0.2, 0.25) is 0 Å². The minimum Gasteiger partial charge on any atom is -0.371 e. The third kappa shape index (κ3) is 3.55. The van der Waals surface area contributed by atoms with Gasteiger partial charge in [0.15, 0.2) is 0 Å². The van der Waals surface area contributed by atoms with Crippen LogP contribution in [0.2, 0.25) is 0 Å². The Morgan fingerprint density at radius 3 is 2.29 bits per heavy atom. The average molecular weight is 335 g/mol. The molecule has 0 spiro atoms. The zero-order chi connectivity index (χ0) is 17.2. The second-order valence-electron chi connectivity index (χ2n) is 6.28. The lowest BCUT2D eigenvalue weighted by molar-refractivity contribution is -0.166. The van der Waals surface area contributed by atoms with Crippen molar-refractivity contribution in [3.63, 3.8) is 0 Å². The lowest BCUT2D eigenvalue weighted by Gasteiger charge is -2.31. The third-order valence-corrected chi connectivity index (χ3v) is 4.58. The van der Waals surface area contributed by atoms with E-state index in [9.17, 15) is 18.0 Å². The molecule has 5 heteroatoms. The first-order valence-corrected chi connectivity index (χ1v) is 8.32. The maximum Gasteiger partial charge on any atom is 0.454 e. The molecule has 0 amide bonds. The number of nitrogens with zero attached hydrogens (tertiary/aromatic N) is 1. The second kappa shape index (κ2) is 6.83. The highest BCUT2D eigenvalue weighted by atomic mass is 19.4. The molecule has 1 saturated heterocycles. The first-order chi connectivity index (χ1) is 11.5. The van der Waals surface area contributed by atoms with E-state index in [-0.39, 0.29) is 12.0 Å². The fourth-order valence-corrected chi connectivity index (χ4v) is 3.48. The largest absolute Gasteiger partial charge is 0.454 e. The molecule has 0 bridgehead atoms. The highest BCUT2D eigenvalue weighted by molar-refractivity contribution is 6.01. The molecule has 128 valence electrons. The SMILES string of the molecule is O=C(C1=C(N2CCCCC2)C(=Cc2ccccc2)CC1)C(F)(F)F. The van der Waals surface area contributed by atoms with Crippen molar-refractivity contribution in [2.45, 2.75) is 38.3 Å². The Bertz CT molecular complexity index is 668. The molecule has 1 aromatic carbocycles. The molecule has 0 radical (unpaired) electrons. The van der Waals surface area contributed by atoms with Crippen LogP contribution in [0.5, 0.6) is 0 Å². The topological polar surface area (TPSA) is 20.3 Å². The summed E-state index contributed by atoms with van der Waals surface area (Å²) in [6.45, 7) is 1.44. The first-order valence-electron chi connectivity index (χ1n) is 8.32. The summed E-state index contributed by atoms with van der Waals surface area (Å²) in [5.41, 5.74) is 2.26. The standard InChI is InChI=1S/C19H20F3NO/c20-19(21,22)18(24)16-10-9-15(13-14-7-3-1-4-8-14)17(16)23-11-5-2-6-12-23/h1,3-4,7-8,13H,2,5-6,9-12H2. The number of hydrogen-bond acceptors (Lipinski definition) is 2. The molecule has 0 N–H and O–H groups in total. The zero-order valence-electron chi connectivity index (χ0n) is 13.4. The van der Waals surface area contributed by atoms with Crippen molar-refractivity contribution in [3.8, 4) is 0 Å². The van der Waals surface area contributed by atoms with E-state index < -0.39 is 12.0 Å². The third-order valence-electron chi connectivity index (χ3n) is 4.58. The maximum absolute atomic E-state index is 13.0. The molecule has 1 fully saturated rings. The average Bonchev–Trinajstić information content (AvgIpc) is 2.98. The van der Waals surface area contributed by atoms with Gasteiger partial charge in [-0.3, -0.25) is 4.79 Å². The molecule has 0 unspecified atom stereocenters. The van der Waals surface area contributed by atoms with Gasteiger partial charge in [-0.05, 0) is 49.3 Å². The highest BCUT2D eigenvalue weighted by Gasteiger charge is 2.44. The van der Waals surface area contributed by atoms with Crippen molar-refractivity contribution in [1.82, 2.24) is 4.90 Å². The van der Waals surface area contributed by atoms with E-state index in [4.69, 9.17) is 0 Å². The summed E-state index contributed by atoms with van der Waals surface area (Å²) in [6, 6.07) is 9.53. The van der Waals surface area contributed by atoms with Crippen molar-refractivity contribution in [2.24, 2.45) is 0 Å². The predicted octanol–water partition coefficient (Wildman–Crippen LogP) is 4.74. The summed E-state index contributed by atoms with van der Waals surface area (Å²) in [4.78, 5) is 13.9. The van der Waals surface area contributed by atoms with Crippen LogP contribution in [0.15, 0.2) is 47.2 Å². The smallest absolute Gasteiger partial charge is 0.371 e. The molecular weight excluding hydrogens is 315 g/mol. The summed E-state index contributed by atoms with van der Waals surface area (Å²) in [5.74, 6) is -1.68. The number of carbonyl (C=O) groups excluding carboxylic acids is 1. The zero-order valence-corrected chi connectivity index (χ0v) is 13.4. The summed E-state index contributed by atoms with van der Waals surface area (Å²) in [6.07, 6.45) is 0.759. The molecule has 0 saturated carbocycles. The van der Waals surface area contributed by atoms with Gasteiger partial charge in [0.25, 0.3) is 5.78 Å². The Morgan fingerprint density at radius 2 is 1.67 bits per heavy atom. The van der Waals surface area contributed by atoms with E-state index in [0.717, 1.165) is 43.5 Å².